The molecule has 2 N–H and O–H groups in total. The van der Waals surface area contributed by atoms with Gasteiger partial charge in [0.2, 0.25) is 11.8 Å². The molecule has 4 unspecified atom stereocenters. The number of benzene rings is 3. The summed E-state index contributed by atoms with van der Waals surface area (Å²) in [4.78, 5) is 58.6. The Hall–Kier alpha value is -4.15. The molecule has 3 aromatic carbocycles. The van der Waals surface area contributed by atoms with Gasteiger partial charge in [-0.05, 0) is 61.4 Å². The SMILES string of the molecule is Cc1ccc(N2C(=O)C3C(C2=O)[C@@H]2C[C@H]3C3Sc4[nH]c(=O)sc4[C@H](c4ccccc4OCC(=O)Nc4ccccc4)C32)cc1. The molecule has 3 heterocycles. The molecular weight excluding hydrogens is 595 g/mol. The van der Waals surface area contributed by atoms with Crippen LogP contribution in [0.25, 0.3) is 0 Å². The van der Waals surface area contributed by atoms with Crippen molar-refractivity contribution in [2.75, 3.05) is 16.8 Å². The second-order valence-corrected chi connectivity index (χ2v) is 14.3. The summed E-state index contributed by atoms with van der Waals surface area (Å²) >= 11 is 2.85. The monoisotopic (exact) mass is 623 g/mol. The lowest BCUT2D eigenvalue weighted by molar-refractivity contribution is -0.123. The molecule has 44 heavy (non-hydrogen) atoms. The summed E-state index contributed by atoms with van der Waals surface area (Å²) < 4.78 is 6.15. The number of H-pyrrole nitrogens is 1. The lowest BCUT2D eigenvalue weighted by atomic mass is 9.68. The molecule has 2 aliphatic heterocycles. The van der Waals surface area contributed by atoms with E-state index < -0.39 is 0 Å². The highest BCUT2D eigenvalue weighted by atomic mass is 32.2. The highest BCUT2D eigenvalue weighted by Gasteiger charge is 2.69. The van der Waals surface area contributed by atoms with Crippen molar-refractivity contribution in [3.63, 3.8) is 0 Å². The van der Waals surface area contributed by atoms with Gasteiger partial charge in [0.1, 0.15) is 5.75 Å². The zero-order valence-corrected chi connectivity index (χ0v) is 25.4. The molecule has 222 valence electrons. The quantitative estimate of drug-likeness (QED) is 0.277. The molecule has 3 fully saturated rings. The van der Waals surface area contributed by atoms with Crippen LogP contribution < -0.4 is 19.8 Å². The van der Waals surface area contributed by atoms with Crippen molar-refractivity contribution in [1.29, 1.82) is 0 Å². The number of carbonyl (C=O) groups is 3. The number of anilines is 2. The Morgan fingerprint density at radius 1 is 0.932 bits per heavy atom. The zero-order chi connectivity index (χ0) is 30.1. The van der Waals surface area contributed by atoms with Crippen LogP contribution in [0.3, 0.4) is 0 Å². The molecule has 2 aliphatic carbocycles. The van der Waals surface area contributed by atoms with Gasteiger partial charge in [-0.1, -0.05) is 65.4 Å². The summed E-state index contributed by atoms with van der Waals surface area (Å²) in [5.74, 6) is -0.836. The number of hydrogen-bond donors (Lipinski definition) is 2. The van der Waals surface area contributed by atoms with E-state index in [-0.39, 0.29) is 70.0 Å². The van der Waals surface area contributed by atoms with Crippen LogP contribution in [0.2, 0.25) is 0 Å². The van der Waals surface area contributed by atoms with Crippen molar-refractivity contribution < 1.29 is 19.1 Å². The maximum absolute atomic E-state index is 14.0. The van der Waals surface area contributed by atoms with E-state index >= 15 is 0 Å². The van der Waals surface area contributed by atoms with Crippen LogP contribution in [0.5, 0.6) is 5.75 Å². The van der Waals surface area contributed by atoms with Gasteiger partial charge < -0.3 is 15.0 Å². The maximum Gasteiger partial charge on any atom is 0.305 e. The first-order valence-corrected chi connectivity index (χ1v) is 16.5. The van der Waals surface area contributed by atoms with E-state index in [2.05, 4.69) is 10.3 Å². The average Bonchev–Trinajstić information content (AvgIpc) is 3.76. The molecule has 1 saturated heterocycles. The minimum atomic E-state index is -0.389. The Balaban J connectivity index is 1.13. The number of nitrogens with zero attached hydrogens (tertiary/aromatic N) is 1. The normalized spacial score (nSPS) is 28.0. The fraction of sp³-hybridized carbons (Fsp3) is 0.294. The van der Waals surface area contributed by atoms with Crippen molar-refractivity contribution in [1.82, 2.24) is 4.98 Å². The summed E-state index contributed by atoms with van der Waals surface area (Å²) in [6.45, 7) is 1.81. The summed E-state index contributed by atoms with van der Waals surface area (Å²) in [7, 11) is 0. The molecular formula is C34H29N3O5S2. The van der Waals surface area contributed by atoms with Crippen LogP contribution in [-0.2, 0) is 14.4 Å². The number of para-hydroxylation sites is 2. The van der Waals surface area contributed by atoms with Crippen molar-refractivity contribution in [2.45, 2.75) is 29.5 Å². The predicted molar refractivity (Wildman–Crippen MR) is 169 cm³/mol. The second-order valence-electron chi connectivity index (χ2n) is 12.0. The summed E-state index contributed by atoms with van der Waals surface area (Å²) in [6, 6.07) is 24.5. The highest BCUT2D eigenvalue weighted by Crippen LogP contribution is 2.69. The fourth-order valence-corrected chi connectivity index (χ4v) is 10.9. The molecule has 10 heteroatoms. The molecule has 8 nitrogen and oxygen atoms in total. The van der Waals surface area contributed by atoms with E-state index in [4.69, 9.17) is 4.74 Å². The number of thioether (sulfide) groups is 1. The van der Waals surface area contributed by atoms with E-state index in [0.717, 1.165) is 27.5 Å². The molecule has 3 amide bonds. The number of imide groups is 1. The molecule has 0 spiro atoms. The molecule has 7 atom stereocenters. The molecule has 4 aliphatic rings. The standard InChI is InChI=1S/C34H29N3O5S2/c1-17-11-13-19(14-12-17)37-32(39)27-21-15-22(28(27)33(37)40)29-26(21)25(30-31(43-29)36-34(41)44-30)20-9-5-6-10-23(20)42-16-24(38)35-18-7-3-2-4-8-18/h2-14,21-22,25-29H,15-16H2,1H3,(H,35,38)(H,36,41)/t21-,22-,25-,26?,27?,28?,29?/m1/s1. The van der Waals surface area contributed by atoms with E-state index in [1.165, 1.54) is 16.2 Å². The number of nitrogens with one attached hydrogen (secondary N) is 2. The van der Waals surface area contributed by atoms with E-state index in [1.807, 2.05) is 85.8 Å². The largest absolute Gasteiger partial charge is 0.483 e. The fourth-order valence-electron chi connectivity index (χ4n) is 8.04. The first-order valence-electron chi connectivity index (χ1n) is 14.8. The summed E-state index contributed by atoms with van der Waals surface area (Å²) in [5.41, 5.74) is 3.28. The third-order valence-corrected chi connectivity index (χ3v) is 12.3. The number of fused-ring (bicyclic) bond motifs is 9. The Morgan fingerprint density at radius 2 is 1.64 bits per heavy atom. The van der Waals surface area contributed by atoms with Crippen LogP contribution in [0.1, 0.15) is 28.3 Å². The molecule has 4 aromatic rings. The number of thiazole rings is 1. The minimum absolute atomic E-state index is 0.0146. The lowest BCUT2D eigenvalue weighted by Gasteiger charge is -2.43. The van der Waals surface area contributed by atoms with Crippen molar-refractivity contribution >= 4 is 52.2 Å². The number of amides is 3. The molecule has 2 bridgehead atoms. The third-order valence-electron chi connectivity index (χ3n) is 9.69. The Kier molecular flexibility index (Phi) is 6.53. The van der Waals surface area contributed by atoms with Crippen molar-refractivity contribution in [2.24, 2.45) is 29.6 Å². The average molecular weight is 624 g/mol. The number of aryl methyl sites for hydroxylation is 1. The Morgan fingerprint density at radius 3 is 2.41 bits per heavy atom. The van der Waals surface area contributed by atoms with Crippen LogP contribution in [0, 0.1) is 36.5 Å². The van der Waals surface area contributed by atoms with Crippen molar-refractivity contribution in [3.05, 3.63) is 105 Å². The number of ether oxygens (including phenoxy) is 1. The zero-order valence-electron chi connectivity index (χ0n) is 23.8. The van der Waals surface area contributed by atoms with Crippen LogP contribution in [-0.4, -0.2) is 34.6 Å². The minimum Gasteiger partial charge on any atom is -0.483 e. The second kappa shape index (κ2) is 10.5. The summed E-state index contributed by atoms with van der Waals surface area (Å²) in [6.07, 6.45) is 0.801. The lowest BCUT2D eigenvalue weighted by Crippen LogP contribution is -2.42. The van der Waals surface area contributed by atoms with Gasteiger partial charge in [0, 0.05) is 27.3 Å². The van der Waals surface area contributed by atoms with Crippen molar-refractivity contribution in [3.8, 4) is 5.75 Å². The Labute approximate surface area is 261 Å². The number of hydrogen-bond acceptors (Lipinski definition) is 7. The number of aromatic amines is 1. The van der Waals surface area contributed by atoms with Crippen LogP contribution in [0.4, 0.5) is 11.4 Å². The van der Waals surface area contributed by atoms with Crippen LogP contribution >= 0.6 is 23.1 Å². The first-order chi connectivity index (χ1) is 21.4. The smallest absolute Gasteiger partial charge is 0.305 e. The van der Waals surface area contributed by atoms with Gasteiger partial charge in [-0.25, -0.2) is 0 Å². The predicted octanol–water partition coefficient (Wildman–Crippen LogP) is 5.44. The third kappa shape index (κ3) is 4.26. The van der Waals surface area contributed by atoms with Crippen LogP contribution in [0.15, 0.2) is 88.7 Å². The Bertz CT molecular complexity index is 1850. The van der Waals surface area contributed by atoms with Gasteiger partial charge in [0.15, 0.2) is 6.61 Å². The molecule has 0 radical (unpaired) electrons. The molecule has 2 saturated carbocycles. The summed E-state index contributed by atoms with van der Waals surface area (Å²) in [5, 5.41) is 3.75. The van der Waals surface area contributed by atoms with Gasteiger partial charge in [-0.2, -0.15) is 0 Å². The van der Waals surface area contributed by atoms with E-state index in [1.54, 1.807) is 11.8 Å². The van der Waals surface area contributed by atoms with E-state index in [0.29, 0.717) is 17.1 Å². The first kappa shape index (κ1) is 27.4. The topological polar surface area (TPSA) is 109 Å². The molecule has 1 aromatic heterocycles. The number of aromatic nitrogens is 1. The van der Waals surface area contributed by atoms with Gasteiger partial charge in [-0.15, -0.1) is 11.8 Å². The van der Waals surface area contributed by atoms with Gasteiger partial charge in [0.05, 0.1) is 22.5 Å². The molecule has 8 rings (SSSR count). The van der Waals surface area contributed by atoms with Gasteiger partial charge in [-0.3, -0.25) is 24.1 Å². The number of rotatable bonds is 6. The maximum atomic E-state index is 14.0. The van der Waals surface area contributed by atoms with E-state index in [9.17, 15) is 19.2 Å². The van der Waals surface area contributed by atoms with Gasteiger partial charge >= 0.3 is 4.87 Å². The number of carbonyl (C=O) groups excluding carboxylic acids is 3. The van der Waals surface area contributed by atoms with Gasteiger partial charge in [0.25, 0.3) is 5.91 Å². The highest BCUT2D eigenvalue weighted by molar-refractivity contribution is 8.00.